The SMILES string of the molecule is COC(=O)CC(B1OC(C)(C)C(C)(C)O1)c1c(N)ncnc1Cl. The zero-order valence-corrected chi connectivity index (χ0v) is 14.7. The molecule has 1 aromatic heterocycles. The molecule has 0 bridgehead atoms. The number of nitrogen functional groups attached to an aromatic ring is 1. The highest BCUT2D eigenvalue weighted by molar-refractivity contribution is 6.48. The van der Waals surface area contributed by atoms with Crippen molar-refractivity contribution in [1.82, 2.24) is 9.97 Å². The number of hydrogen-bond acceptors (Lipinski definition) is 7. The Morgan fingerprint density at radius 3 is 2.39 bits per heavy atom. The van der Waals surface area contributed by atoms with Crippen molar-refractivity contribution in [3.63, 3.8) is 0 Å². The maximum absolute atomic E-state index is 11.8. The van der Waals surface area contributed by atoms with Crippen LogP contribution in [0.1, 0.15) is 45.5 Å². The molecule has 1 atom stereocenters. The summed E-state index contributed by atoms with van der Waals surface area (Å²) in [5, 5.41) is 0.168. The summed E-state index contributed by atoms with van der Waals surface area (Å²) in [6.45, 7) is 7.70. The topological polar surface area (TPSA) is 96.6 Å². The fourth-order valence-corrected chi connectivity index (χ4v) is 2.66. The molecule has 1 fully saturated rings. The van der Waals surface area contributed by atoms with Crippen molar-refractivity contribution in [1.29, 1.82) is 0 Å². The van der Waals surface area contributed by atoms with Crippen molar-refractivity contribution >= 4 is 30.5 Å². The highest BCUT2D eigenvalue weighted by atomic mass is 35.5. The van der Waals surface area contributed by atoms with E-state index < -0.39 is 30.1 Å². The lowest BCUT2D eigenvalue weighted by atomic mass is 9.66. The predicted molar refractivity (Wildman–Crippen MR) is 86.9 cm³/mol. The fraction of sp³-hybridized carbons (Fsp3) is 0.643. The van der Waals surface area contributed by atoms with E-state index in [1.54, 1.807) is 0 Å². The van der Waals surface area contributed by atoms with Gasteiger partial charge in [-0.25, -0.2) is 9.97 Å². The fourth-order valence-electron chi connectivity index (χ4n) is 2.38. The van der Waals surface area contributed by atoms with Gasteiger partial charge in [0.25, 0.3) is 0 Å². The molecule has 0 radical (unpaired) electrons. The largest absolute Gasteiger partial charge is 0.469 e. The Morgan fingerprint density at radius 2 is 1.91 bits per heavy atom. The van der Waals surface area contributed by atoms with E-state index >= 15 is 0 Å². The molecular formula is C14H21BClN3O4. The number of nitrogens with two attached hydrogens (primary N) is 1. The molecule has 1 saturated heterocycles. The maximum atomic E-state index is 11.8. The molecule has 0 aliphatic carbocycles. The lowest BCUT2D eigenvalue weighted by molar-refractivity contribution is -0.140. The average molecular weight is 342 g/mol. The molecule has 0 aromatic carbocycles. The molecule has 23 heavy (non-hydrogen) atoms. The Kier molecular flexibility index (Phi) is 4.89. The maximum Gasteiger partial charge on any atom is 0.466 e. The van der Waals surface area contributed by atoms with Crippen molar-refractivity contribution in [2.45, 2.75) is 51.1 Å². The van der Waals surface area contributed by atoms with Crippen molar-refractivity contribution in [2.24, 2.45) is 0 Å². The van der Waals surface area contributed by atoms with Crippen LogP contribution >= 0.6 is 11.6 Å². The number of hydrogen-bond donors (Lipinski definition) is 1. The number of carbonyl (C=O) groups is 1. The van der Waals surface area contributed by atoms with E-state index in [4.69, 9.17) is 31.4 Å². The first-order chi connectivity index (χ1) is 10.6. The summed E-state index contributed by atoms with van der Waals surface area (Å²) in [5.74, 6) is -0.810. The number of methoxy groups -OCH3 is 1. The van der Waals surface area contributed by atoms with Crippen molar-refractivity contribution in [2.75, 3.05) is 12.8 Å². The Balaban J connectivity index is 2.42. The lowest BCUT2D eigenvalue weighted by Crippen LogP contribution is -2.41. The van der Waals surface area contributed by atoms with E-state index in [2.05, 4.69) is 9.97 Å². The van der Waals surface area contributed by atoms with Crippen molar-refractivity contribution in [3.05, 3.63) is 17.0 Å². The van der Waals surface area contributed by atoms with Gasteiger partial charge >= 0.3 is 13.1 Å². The number of nitrogens with zero attached hydrogens (tertiary/aromatic N) is 2. The highest BCUT2D eigenvalue weighted by Crippen LogP contribution is 2.43. The van der Waals surface area contributed by atoms with Crippen LogP contribution < -0.4 is 5.73 Å². The van der Waals surface area contributed by atoms with Crippen LogP contribution in [0.4, 0.5) is 5.82 Å². The number of carbonyl (C=O) groups excluding carboxylic acids is 1. The molecular weight excluding hydrogens is 320 g/mol. The Labute approximate surface area is 141 Å². The van der Waals surface area contributed by atoms with E-state index in [-0.39, 0.29) is 17.4 Å². The minimum Gasteiger partial charge on any atom is -0.469 e. The van der Waals surface area contributed by atoms with Crippen LogP contribution in [0.5, 0.6) is 0 Å². The molecule has 9 heteroatoms. The van der Waals surface area contributed by atoms with Gasteiger partial charge in [-0.05, 0) is 27.7 Å². The van der Waals surface area contributed by atoms with Gasteiger partial charge < -0.3 is 19.8 Å². The summed E-state index contributed by atoms with van der Waals surface area (Å²) in [6, 6.07) is 0. The van der Waals surface area contributed by atoms with E-state index in [9.17, 15) is 4.79 Å². The summed E-state index contributed by atoms with van der Waals surface area (Å²) in [6.07, 6.45) is 1.26. The van der Waals surface area contributed by atoms with Gasteiger partial charge in [0, 0.05) is 11.4 Å². The third kappa shape index (κ3) is 3.44. The zero-order valence-electron chi connectivity index (χ0n) is 13.9. The quantitative estimate of drug-likeness (QED) is 0.508. The summed E-state index contributed by atoms with van der Waals surface area (Å²) >= 11 is 6.18. The smallest absolute Gasteiger partial charge is 0.466 e. The monoisotopic (exact) mass is 341 g/mol. The summed E-state index contributed by atoms with van der Waals surface area (Å²) in [5.41, 5.74) is 5.27. The molecule has 7 nitrogen and oxygen atoms in total. The van der Waals surface area contributed by atoms with Gasteiger partial charge in [0.05, 0.1) is 24.7 Å². The Bertz CT molecular complexity index is 575. The molecule has 2 heterocycles. The first-order valence-corrected chi connectivity index (χ1v) is 7.65. The van der Waals surface area contributed by atoms with E-state index in [0.29, 0.717) is 5.56 Å². The van der Waals surface area contributed by atoms with Crippen LogP contribution in [-0.4, -0.2) is 41.4 Å². The van der Waals surface area contributed by atoms with Gasteiger partial charge in [0.1, 0.15) is 17.3 Å². The standard InChI is InChI=1S/C14H21BClN3O4/c1-13(2)14(3,4)23-15(22-13)8(6-9(20)21-5)10-11(16)18-7-19-12(10)17/h7-8H,6H2,1-5H3,(H2,17,18,19). The molecule has 0 saturated carbocycles. The van der Waals surface area contributed by atoms with E-state index in [0.717, 1.165) is 0 Å². The number of anilines is 1. The number of halogens is 1. The van der Waals surface area contributed by atoms with Gasteiger partial charge in [0.2, 0.25) is 0 Å². The molecule has 2 N–H and O–H groups in total. The van der Waals surface area contributed by atoms with Crippen molar-refractivity contribution in [3.8, 4) is 0 Å². The van der Waals surface area contributed by atoms with Crippen LogP contribution in [0.15, 0.2) is 6.33 Å². The lowest BCUT2D eigenvalue weighted by Gasteiger charge is -2.32. The predicted octanol–water partition coefficient (Wildman–Crippen LogP) is 1.99. The Hall–Kier alpha value is -1.38. The van der Waals surface area contributed by atoms with Crippen molar-refractivity contribution < 1.29 is 18.8 Å². The summed E-state index contributed by atoms with van der Waals surface area (Å²) < 4.78 is 16.8. The number of esters is 1. The van der Waals surface area contributed by atoms with Crippen LogP contribution in [-0.2, 0) is 18.8 Å². The third-order valence-electron chi connectivity index (χ3n) is 4.45. The Morgan fingerprint density at radius 1 is 1.35 bits per heavy atom. The van der Waals surface area contributed by atoms with Gasteiger partial charge in [-0.3, -0.25) is 4.79 Å². The molecule has 1 unspecified atom stereocenters. The highest BCUT2D eigenvalue weighted by Gasteiger charge is 2.55. The zero-order chi connectivity index (χ0) is 17.4. The molecule has 1 aliphatic heterocycles. The second kappa shape index (κ2) is 6.26. The minimum atomic E-state index is -0.718. The average Bonchev–Trinajstić information content (AvgIpc) is 2.65. The van der Waals surface area contributed by atoms with Crippen LogP contribution in [0.2, 0.25) is 5.15 Å². The molecule has 1 aromatic rings. The van der Waals surface area contributed by atoms with E-state index in [1.165, 1.54) is 13.4 Å². The van der Waals surface area contributed by atoms with Gasteiger partial charge in [-0.1, -0.05) is 11.6 Å². The molecule has 0 spiro atoms. The first-order valence-electron chi connectivity index (χ1n) is 7.27. The number of rotatable bonds is 4. The number of ether oxygens (including phenoxy) is 1. The summed E-state index contributed by atoms with van der Waals surface area (Å²) in [7, 11) is 0.598. The minimum absolute atomic E-state index is 0.00931. The van der Waals surface area contributed by atoms with Crippen LogP contribution in [0, 0.1) is 0 Å². The molecule has 126 valence electrons. The van der Waals surface area contributed by atoms with Gasteiger partial charge in [-0.2, -0.15) is 0 Å². The third-order valence-corrected chi connectivity index (χ3v) is 4.75. The number of aromatic nitrogens is 2. The second-order valence-corrected chi connectivity index (χ2v) is 6.83. The molecule has 2 rings (SSSR count). The molecule has 1 aliphatic rings. The second-order valence-electron chi connectivity index (χ2n) is 6.47. The van der Waals surface area contributed by atoms with Crippen LogP contribution in [0.25, 0.3) is 0 Å². The normalized spacial score (nSPS) is 20.3. The summed E-state index contributed by atoms with van der Waals surface area (Å²) in [4.78, 5) is 19.7. The first kappa shape index (κ1) is 18.0. The van der Waals surface area contributed by atoms with Gasteiger partial charge in [0.15, 0.2) is 0 Å². The van der Waals surface area contributed by atoms with Crippen LogP contribution in [0.3, 0.4) is 0 Å². The van der Waals surface area contributed by atoms with Gasteiger partial charge in [-0.15, -0.1) is 0 Å². The van der Waals surface area contributed by atoms with E-state index in [1.807, 2.05) is 27.7 Å². The molecule has 0 amide bonds.